The Labute approximate surface area is 135 Å². The minimum atomic E-state index is -2.60. The second kappa shape index (κ2) is 6.60. The first-order valence-corrected chi connectivity index (χ1v) is 8.04. The Hall–Kier alpha value is -2.04. The molecule has 0 bridgehead atoms. The molecule has 23 heavy (non-hydrogen) atoms. The van der Waals surface area contributed by atoms with Crippen molar-refractivity contribution in [3.8, 4) is 11.3 Å². The SMILES string of the molecule is Cc1ccc(-c2cc(C(F)F)nc(NC3CCCC3)n2)cc1C. The molecule has 1 saturated carbocycles. The minimum Gasteiger partial charge on any atom is -0.351 e. The summed E-state index contributed by atoms with van der Waals surface area (Å²) in [4.78, 5) is 8.45. The van der Waals surface area contributed by atoms with Crippen LogP contribution in [0.15, 0.2) is 24.3 Å². The third kappa shape index (κ3) is 3.66. The van der Waals surface area contributed by atoms with Crippen LogP contribution in [-0.4, -0.2) is 16.0 Å². The molecule has 0 radical (unpaired) electrons. The van der Waals surface area contributed by atoms with E-state index in [2.05, 4.69) is 15.3 Å². The fourth-order valence-electron chi connectivity index (χ4n) is 2.94. The molecule has 3 rings (SSSR count). The molecule has 1 aromatic heterocycles. The molecule has 5 heteroatoms. The molecule has 1 aliphatic rings. The van der Waals surface area contributed by atoms with Crippen molar-refractivity contribution < 1.29 is 8.78 Å². The van der Waals surface area contributed by atoms with Crippen LogP contribution < -0.4 is 5.32 Å². The van der Waals surface area contributed by atoms with E-state index in [1.165, 1.54) is 11.6 Å². The van der Waals surface area contributed by atoms with Crippen molar-refractivity contribution >= 4 is 5.95 Å². The van der Waals surface area contributed by atoms with E-state index in [1.54, 1.807) is 0 Å². The van der Waals surface area contributed by atoms with Crippen LogP contribution in [-0.2, 0) is 0 Å². The van der Waals surface area contributed by atoms with Gasteiger partial charge in [0.2, 0.25) is 5.95 Å². The molecule has 3 nitrogen and oxygen atoms in total. The predicted octanol–water partition coefficient (Wildman–Crippen LogP) is 5.05. The number of halogens is 2. The second-order valence-electron chi connectivity index (χ2n) is 6.23. The summed E-state index contributed by atoms with van der Waals surface area (Å²) in [5, 5.41) is 3.22. The van der Waals surface area contributed by atoms with Crippen LogP contribution in [0.3, 0.4) is 0 Å². The zero-order chi connectivity index (χ0) is 16.4. The molecule has 0 atom stereocenters. The Bertz CT molecular complexity index is 695. The van der Waals surface area contributed by atoms with Gasteiger partial charge in [0, 0.05) is 11.6 Å². The van der Waals surface area contributed by atoms with Crippen molar-refractivity contribution in [1.82, 2.24) is 9.97 Å². The summed E-state index contributed by atoms with van der Waals surface area (Å²) in [6, 6.07) is 7.55. The third-order valence-corrected chi connectivity index (χ3v) is 4.46. The summed E-state index contributed by atoms with van der Waals surface area (Å²) < 4.78 is 26.4. The van der Waals surface area contributed by atoms with Gasteiger partial charge in [0.15, 0.2) is 0 Å². The van der Waals surface area contributed by atoms with Crippen LogP contribution in [0.2, 0.25) is 0 Å². The second-order valence-corrected chi connectivity index (χ2v) is 6.23. The fourth-order valence-corrected chi connectivity index (χ4v) is 2.94. The zero-order valence-corrected chi connectivity index (χ0v) is 13.4. The number of aryl methyl sites for hydroxylation is 2. The standard InChI is InChI=1S/C18H21F2N3/c1-11-7-8-13(9-12(11)2)15-10-16(17(19)20)23-18(22-15)21-14-5-3-4-6-14/h7-10,14,17H,3-6H2,1-2H3,(H,21,22,23). The van der Waals surface area contributed by atoms with E-state index in [0.717, 1.165) is 36.8 Å². The van der Waals surface area contributed by atoms with E-state index >= 15 is 0 Å². The molecule has 1 aromatic carbocycles. The number of benzene rings is 1. The lowest BCUT2D eigenvalue weighted by atomic mass is 10.0. The summed E-state index contributed by atoms with van der Waals surface area (Å²) >= 11 is 0. The van der Waals surface area contributed by atoms with Crippen LogP contribution in [0.5, 0.6) is 0 Å². The van der Waals surface area contributed by atoms with Gasteiger partial charge in [-0.2, -0.15) is 0 Å². The average Bonchev–Trinajstić information content (AvgIpc) is 3.02. The Morgan fingerprint density at radius 1 is 1.04 bits per heavy atom. The average molecular weight is 317 g/mol. The maximum absolute atomic E-state index is 13.2. The molecule has 0 unspecified atom stereocenters. The van der Waals surface area contributed by atoms with Crippen molar-refractivity contribution in [1.29, 1.82) is 0 Å². The first-order chi connectivity index (χ1) is 11.0. The molecule has 1 aliphatic carbocycles. The van der Waals surface area contributed by atoms with Gasteiger partial charge in [0.25, 0.3) is 6.43 Å². The summed E-state index contributed by atoms with van der Waals surface area (Å²) in [7, 11) is 0. The van der Waals surface area contributed by atoms with Gasteiger partial charge in [-0.05, 0) is 49.9 Å². The predicted molar refractivity (Wildman–Crippen MR) is 87.8 cm³/mol. The number of nitrogens with zero attached hydrogens (tertiary/aromatic N) is 2. The number of hydrogen-bond acceptors (Lipinski definition) is 3. The van der Waals surface area contributed by atoms with Gasteiger partial charge in [-0.3, -0.25) is 0 Å². The van der Waals surface area contributed by atoms with Crippen LogP contribution >= 0.6 is 0 Å². The van der Waals surface area contributed by atoms with Crippen LogP contribution in [0, 0.1) is 13.8 Å². The van der Waals surface area contributed by atoms with Gasteiger partial charge in [-0.1, -0.05) is 25.0 Å². The molecule has 2 aromatic rings. The van der Waals surface area contributed by atoms with E-state index in [9.17, 15) is 8.78 Å². The van der Waals surface area contributed by atoms with Crippen molar-refractivity contribution in [2.24, 2.45) is 0 Å². The van der Waals surface area contributed by atoms with Gasteiger partial charge in [0.05, 0.1) is 5.69 Å². The molecule has 122 valence electrons. The number of hydrogen-bond donors (Lipinski definition) is 1. The first kappa shape index (κ1) is 15.8. The van der Waals surface area contributed by atoms with Gasteiger partial charge in [-0.15, -0.1) is 0 Å². The molecule has 0 spiro atoms. The Morgan fingerprint density at radius 3 is 2.43 bits per heavy atom. The normalized spacial score (nSPS) is 15.3. The number of anilines is 1. The third-order valence-electron chi connectivity index (χ3n) is 4.46. The van der Waals surface area contributed by atoms with E-state index in [0.29, 0.717) is 11.6 Å². The number of rotatable bonds is 4. The van der Waals surface area contributed by atoms with Gasteiger partial charge in [-0.25, -0.2) is 18.7 Å². The highest BCUT2D eigenvalue weighted by atomic mass is 19.3. The highest BCUT2D eigenvalue weighted by Crippen LogP contribution is 2.27. The van der Waals surface area contributed by atoms with Gasteiger partial charge >= 0.3 is 0 Å². The van der Waals surface area contributed by atoms with Crippen LogP contribution in [0.4, 0.5) is 14.7 Å². The fraction of sp³-hybridized carbons (Fsp3) is 0.444. The monoisotopic (exact) mass is 317 g/mol. The Kier molecular flexibility index (Phi) is 4.55. The lowest BCUT2D eigenvalue weighted by molar-refractivity contribution is 0.146. The van der Waals surface area contributed by atoms with E-state index in [1.807, 2.05) is 32.0 Å². The van der Waals surface area contributed by atoms with Gasteiger partial charge in [0.1, 0.15) is 5.69 Å². The molecular weight excluding hydrogens is 296 g/mol. The number of nitrogens with one attached hydrogen (secondary N) is 1. The highest BCUT2D eigenvalue weighted by Gasteiger charge is 2.19. The Morgan fingerprint density at radius 2 is 1.78 bits per heavy atom. The van der Waals surface area contributed by atoms with Crippen molar-refractivity contribution in [3.05, 3.63) is 41.1 Å². The quantitative estimate of drug-likeness (QED) is 0.857. The number of alkyl halides is 2. The van der Waals surface area contributed by atoms with E-state index in [4.69, 9.17) is 0 Å². The summed E-state index contributed by atoms with van der Waals surface area (Å²) in [6.07, 6.45) is 1.81. The summed E-state index contributed by atoms with van der Waals surface area (Å²) in [6.45, 7) is 4.03. The summed E-state index contributed by atoms with van der Waals surface area (Å²) in [5.41, 5.74) is 3.44. The largest absolute Gasteiger partial charge is 0.351 e. The maximum Gasteiger partial charge on any atom is 0.280 e. The highest BCUT2D eigenvalue weighted by molar-refractivity contribution is 5.62. The van der Waals surface area contributed by atoms with Crippen molar-refractivity contribution in [2.45, 2.75) is 52.0 Å². The number of aromatic nitrogens is 2. The van der Waals surface area contributed by atoms with Gasteiger partial charge < -0.3 is 5.32 Å². The lowest BCUT2D eigenvalue weighted by Crippen LogP contribution is -2.17. The molecule has 0 aliphatic heterocycles. The smallest absolute Gasteiger partial charge is 0.280 e. The molecule has 1 fully saturated rings. The first-order valence-electron chi connectivity index (χ1n) is 8.04. The van der Waals surface area contributed by atoms with Crippen LogP contribution in [0.25, 0.3) is 11.3 Å². The van der Waals surface area contributed by atoms with Crippen molar-refractivity contribution in [2.75, 3.05) is 5.32 Å². The molecule has 0 amide bonds. The summed E-state index contributed by atoms with van der Waals surface area (Å²) in [5.74, 6) is 0.308. The Balaban J connectivity index is 1.97. The molecular formula is C18H21F2N3. The minimum absolute atomic E-state index is 0.228. The topological polar surface area (TPSA) is 37.8 Å². The lowest BCUT2D eigenvalue weighted by Gasteiger charge is -2.14. The molecule has 0 saturated heterocycles. The maximum atomic E-state index is 13.2. The molecule has 1 N–H and O–H groups in total. The molecule has 1 heterocycles. The van der Waals surface area contributed by atoms with E-state index in [-0.39, 0.29) is 11.7 Å². The van der Waals surface area contributed by atoms with Crippen LogP contribution in [0.1, 0.15) is 48.9 Å². The van der Waals surface area contributed by atoms with E-state index < -0.39 is 6.43 Å². The zero-order valence-electron chi connectivity index (χ0n) is 13.4. The van der Waals surface area contributed by atoms with Crippen molar-refractivity contribution in [3.63, 3.8) is 0 Å².